The van der Waals surface area contributed by atoms with Crippen molar-refractivity contribution in [1.29, 1.82) is 0 Å². The summed E-state index contributed by atoms with van der Waals surface area (Å²) in [5, 5.41) is 18.4. The van der Waals surface area contributed by atoms with Crippen LogP contribution in [0.4, 0.5) is 5.69 Å². The molecule has 0 fully saturated rings. The molecule has 1 aromatic carbocycles. The molecule has 2 rings (SSSR count). The van der Waals surface area contributed by atoms with Crippen LogP contribution >= 0.6 is 16.1 Å². The quantitative estimate of drug-likeness (QED) is 0.527. The molecule has 0 saturated carbocycles. The number of fused-ring (bicyclic) bond motifs is 1. The zero-order valence-electron chi connectivity index (χ0n) is 6.29. The maximum absolute atomic E-state index is 9.20. The Bertz CT molecular complexity index is 327. The van der Waals surface area contributed by atoms with Crippen molar-refractivity contribution in [3.05, 3.63) is 17.7 Å². The first-order chi connectivity index (χ1) is 5.68. The lowest BCUT2D eigenvalue weighted by molar-refractivity contribution is 0.403. The Morgan fingerprint density at radius 2 is 1.92 bits per heavy atom. The third-order valence-electron chi connectivity index (χ3n) is 2.01. The van der Waals surface area contributed by atoms with Crippen molar-refractivity contribution in [3.63, 3.8) is 0 Å². The molecule has 1 aromatic rings. The van der Waals surface area contributed by atoms with E-state index in [1.807, 2.05) is 3.93 Å². The zero-order chi connectivity index (χ0) is 8.72. The maximum Gasteiger partial charge on any atom is 0.159 e. The molecule has 0 amide bonds. The molecule has 0 unspecified atom stereocenters. The van der Waals surface area contributed by atoms with Crippen LogP contribution in [0.3, 0.4) is 0 Å². The molecule has 1 aliphatic rings. The van der Waals surface area contributed by atoms with Gasteiger partial charge in [0.15, 0.2) is 11.5 Å². The van der Waals surface area contributed by atoms with Crippen LogP contribution in [-0.4, -0.2) is 16.8 Å². The highest BCUT2D eigenvalue weighted by Gasteiger charge is 2.19. The van der Waals surface area contributed by atoms with E-state index in [0.29, 0.717) is 0 Å². The molecule has 0 saturated heterocycles. The van der Waals surface area contributed by atoms with Gasteiger partial charge in [-0.15, -0.1) is 0 Å². The van der Waals surface area contributed by atoms with E-state index in [4.69, 9.17) is 0 Å². The third-order valence-corrected chi connectivity index (χ3v) is 2.75. The standard InChI is InChI=1S/C8H8BrNO2/c9-10-2-1-5-3-7(11)8(12)4-6(5)10/h3-4,11-12H,1-2H2. The molecule has 1 aliphatic heterocycles. The van der Waals surface area contributed by atoms with Gasteiger partial charge in [0, 0.05) is 28.8 Å². The van der Waals surface area contributed by atoms with Gasteiger partial charge in [0.05, 0.1) is 5.69 Å². The molecule has 0 radical (unpaired) electrons. The Morgan fingerprint density at radius 3 is 2.67 bits per heavy atom. The second-order valence-corrected chi connectivity index (χ2v) is 3.66. The fourth-order valence-electron chi connectivity index (χ4n) is 1.37. The van der Waals surface area contributed by atoms with Crippen molar-refractivity contribution < 1.29 is 10.2 Å². The number of nitrogens with zero attached hydrogens (tertiary/aromatic N) is 1. The summed E-state index contributed by atoms with van der Waals surface area (Å²) < 4.78 is 1.88. The molecule has 4 heteroatoms. The first-order valence-electron chi connectivity index (χ1n) is 3.66. The summed E-state index contributed by atoms with van der Waals surface area (Å²) in [6, 6.07) is 3.17. The van der Waals surface area contributed by atoms with E-state index < -0.39 is 0 Å². The molecular formula is C8H8BrNO2. The summed E-state index contributed by atoms with van der Waals surface area (Å²) >= 11 is 3.34. The second-order valence-electron chi connectivity index (χ2n) is 2.81. The van der Waals surface area contributed by atoms with Crippen LogP contribution in [0.15, 0.2) is 12.1 Å². The minimum atomic E-state index is -0.0694. The van der Waals surface area contributed by atoms with Gasteiger partial charge in [0.25, 0.3) is 0 Å². The zero-order valence-corrected chi connectivity index (χ0v) is 7.87. The number of hydrogen-bond donors (Lipinski definition) is 2. The number of halogens is 1. The predicted octanol–water partition coefficient (Wildman–Crippen LogP) is 1.77. The van der Waals surface area contributed by atoms with Gasteiger partial charge in [0.1, 0.15) is 0 Å². The molecule has 64 valence electrons. The minimum Gasteiger partial charge on any atom is -0.504 e. The van der Waals surface area contributed by atoms with Gasteiger partial charge in [-0.05, 0) is 18.1 Å². The lowest BCUT2D eigenvalue weighted by Gasteiger charge is -2.09. The van der Waals surface area contributed by atoms with Gasteiger partial charge in [-0.25, -0.2) is 0 Å². The van der Waals surface area contributed by atoms with Gasteiger partial charge >= 0.3 is 0 Å². The normalized spacial score (nSPS) is 14.9. The number of hydrogen-bond acceptors (Lipinski definition) is 3. The van der Waals surface area contributed by atoms with Crippen LogP contribution in [0.5, 0.6) is 11.5 Å². The molecule has 2 N–H and O–H groups in total. The predicted molar refractivity (Wildman–Crippen MR) is 49.7 cm³/mol. The van der Waals surface area contributed by atoms with Gasteiger partial charge in [-0.3, -0.25) is 0 Å². The summed E-state index contributed by atoms with van der Waals surface area (Å²) in [6.07, 6.45) is 0.897. The van der Waals surface area contributed by atoms with E-state index in [-0.39, 0.29) is 11.5 Å². The highest BCUT2D eigenvalue weighted by Crippen LogP contribution is 2.38. The lowest BCUT2D eigenvalue weighted by Crippen LogP contribution is -2.03. The fraction of sp³-hybridized carbons (Fsp3) is 0.250. The summed E-state index contributed by atoms with van der Waals surface area (Å²) in [5.41, 5.74) is 1.99. The number of benzene rings is 1. The first-order valence-corrected chi connectivity index (χ1v) is 4.37. The number of rotatable bonds is 0. The molecule has 1 heterocycles. The largest absolute Gasteiger partial charge is 0.504 e. The Balaban J connectivity index is 2.56. The minimum absolute atomic E-state index is 0.0449. The summed E-state index contributed by atoms with van der Waals surface area (Å²) in [6.45, 7) is 0.873. The lowest BCUT2D eigenvalue weighted by atomic mass is 10.1. The molecular weight excluding hydrogens is 222 g/mol. The topological polar surface area (TPSA) is 43.7 Å². The number of phenols is 2. The van der Waals surface area contributed by atoms with Crippen LogP contribution in [0.2, 0.25) is 0 Å². The molecule has 0 aromatic heterocycles. The van der Waals surface area contributed by atoms with Gasteiger partial charge in [0.2, 0.25) is 0 Å². The fourth-order valence-corrected chi connectivity index (χ4v) is 1.88. The Labute approximate surface area is 78.6 Å². The molecule has 0 bridgehead atoms. The summed E-state index contributed by atoms with van der Waals surface area (Å²) in [5.74, 6) is -0.114. The van der Waals surface area contributed by atoms with Crippen LogP contribution < -0.4 is 3.93 Å². The Hall–Kier alpha value is -0.900. The van der Waals surface area contributed by atoms with Crippen molar-refractivity contribution in [3.8, 4) is 11.5 Å². The average molecular weight is 230 g/mol. The Morgan fingerprint density at radius 1 is 1.25 bits per heavy atom. The highest BCUT2D eigenvalue weighted by atomic mass is 79.9. The van der Waals surface area contributed by atoms with Crippen LogP contribution in [0.1, 0.15) is 5.56 Å². The van der Waals surface area contributed by atoms with Gasteiger partial charge in [-0.2, -0.15) is 0 Å². The molecule has 12 heavy (non-hydrogen) atoms. The van der Waals surface area contributed by atoms with Crippen molar-refractivity contribution in [1.82, 2.24) is 0 Å². The summed E-state index contributed by atoms with van der Waals surface area (Å²) in [7, 11) is 0. The highest BCUT2D eigenvalue weighted by molar-refractivity contribution is 9.10. The smallest absolute Gasteiger partial charge is 0.159 e. The Kier molecular flexibility index (Phi) is 1.65. The van der Waals surface area contributed by atoms with Crippen molar-refractivity contribution in [2.45, 2.75) is 6.42 Å². The third kappa shape index (κ3) is 1.03. The van der Waals surface area contributed by atoms with Crippen molar-refractivity contribution in [2.75, 3.05) is 10.5 Å². The van der Waals surface area contributed by atoms with Crippen LogP contribution in [0.25, 0.3) is 0 Å². The maximum atomic E-state index is 9.20. The van der Waals surface area contributed by atoms with E-state index in [0.717, 1.165) is 24.2 Å². The van der Waals surface area contributed by atoms with E-state index in [1.54, 1.807) is 12.1 Å². The first kappa shape index (κ1) is 7.73. The van der Waals surface area contributed by atoms with E-state index in [1.165, 1.54) is 0 Å². The van der Waals surface area contributed by atoms with Crippen molar-refractivity contribution in [2.24, 2.45) is 0 Å². The second kappa shape index (κ2) is 2.55. The molecule has 0 spiro atoms. The van der Waals surface area contributed by atoms with Crippen LogP contribution in [-0.2, 0) is 6.42 Å². The molecule has 3 nitrogen and oxygen atoms in total. The summed E-state index contributed by atoms with van der Waals surface area (Å²) in [4.78, 5) is 0. The van der Waals surface area contributed by atoms with E-state index in [9.17, 15) is 10.2 Å². The van der Waals surface area contributed by atoms with Gasteiger partial charge in [-0.1, -0.05) is 0 Å². The SMILES string of the molecule is Oc1cc2c(cc1O)N(Br)CC2. The molecule has 0 atom stereocenters. The monoisotopic (exact) mass is 229 g/mol. The van der Waals surface area contributed by atoms with E-state index >= 15 is 0 Å². The number of aromatic hydroxyl groups is 2. The van der Waals surface area contributed by atoms with E-state index in [2.05, 4.69) is 16.1 Å². The van der Waals surface area contributed by atoms with Crippen LogP contribution in [0, 0.1) is 0 Å². The molecule has 0 aliphatic carbocycles. The van der Waals surface area contributed by atoms with Gasteiger partial charge < -0.3 is 14.1 Å². The number of phenolic OH excluding ortho intramolecular Hbond substituents is 2. The average Bonchev–Trinajstić information content (AvgIpc) is 2.35. The number of anilines is 1. The van der Waals surface area contributed by atoms with Crippen molar-refractivity contribution >= 4 is 21.8 Å².